The van der Waals surface area contributed by atoms with Gasteiger partial charge in [-0.2, -0.15) is 0 Å². The Morgan fingerprint density at radius 3 is 2.57 bits per heavy atom. The second-order valence-electron chi connectivity index (χ2n) is 5.30. The molecule has 2 unspecified atom stereocenters. The monoisotopic (exact) mass is 347 g/mol. The Kier molecular flexibility index (Phi) is 4.98. The van der Waals surface area contributed by atoms with Gasteiger partial charge in [-0.25, -0.2) is 17.2 Å². The molecule has 23 heavy (non-hydrogen) atoms. The molecule has 6 nitrogen and oxygen atoms in total. The van der Waals surface area contributed by atoms with E-state index in [9.17, 15) is 26.8 Å². The fourth-order valence-corrected chi connectivity index (χ4v) is 3.85. The minimum atomic E-state index is -3.23. The molecular weight excluding hydrogens is 332 g/mol. The third kappa shape index (κ3) is 4.47. The lowest BCUT2D eigenvalue weighted by molar-refractivity contribution is -0.156. The zero-order valence-electron chi connectivity index (χ0n) is 12.2. The Hall–Kier alpha value is -2.03. The molecule has 0 bridgehead atoms. The topological polar surface area (TPSA) is 89.5 Å². The van der Waals surface area contributed by atoms with Crippen LogP contribution in [0.2, 0.25) is 0 Å². The molecule has 1 aromatic carbocycles. The number of hydrogen-bond donors (Lipinski definition) is 1. The quantitative estimate of drug-likeness (QED) is 0.829. The van der Waals surface area contributed by atoms with Crippen molar-refractivity contribution < 1.29 is 31.5 Å². The average Bonchev–Trinajstić information content (AvgIpc) is 2.83. The number of esters is 1. The molecule has 0 radical (unpaired) electrons. The van der Waals surface area contributed by atoms with Gasteiger partial charge in [0.05, 0.1) is 17.4 Å². The van der Waals surface area contributed by atoms with Crippen LogP contribution in [-0.4, -0.2) is 37.9 Å². The average molecular weight is 347 g/mol. The van der Waals surface area contributed by atoms with Crippen LogP contribution in [0.4, 0.5) is 14.5 Å². The molecule has 9 heteroatoms. The van der Waals surface area contributed by atoms with E-state index < -0.39 is 45.4 Å². The Bertz CT molecular complexity index is 735. The summed E-state index contributed by atoms with van der Waals surface area (Å²) in [5.41, 5.74) is 0.0141. The number of carbonyl (C=O) groups excluding carboxylic acids is 2. The Labute approximate surface area is 131 Å². The van der Waals surface area contributed by atoms with Crippen LogP contribution in [0, 0.1) is 17.6 Å². The van der Waals surface area contributed by atoms with E-state index in [0.29, 0.717) is 0 Å². The summed E-state index contributed by atoms with van der Waals surface area (Å²) < 4.78 is 53.4. The van der Waals surface area contributed by atoms with Crippen molar-refractivity contribution in [2.24, 2.45) is 5.92 Å². The first kappa shape index (κ1) is 17.3. The molecule has 1 aliphatic rings. The Balaban J connectivity index is 1.92. The third-order valence-electron chi connectivity index (χ3n) is 3.42. The van der Waals surface area contributed by atoms with Gasteiger partial charge >= 0.3 is 5.97 Å². The highest BCUT2D eigenvalue weighted by atomic mass is 32.2. The highest BCUT2D eigenvalue weighted by Crippen LogP contribution is 2.20. The van der Waals surface area contributed by atoms with Crippen molar-refractivity contribution in [1.82, 2.24) is 0 Å². The second-order valence-corrected chi connectivity index (χ2v) is 7.53. The Morgan fingerprint density at radius 2 is 2.00 bits per heavy atom. The second kappa shape index (κ2) is 6.61. The molecule has 0 aliphatic carbocycles. The number of amides is 1. The van der Waals surface area contributed by atoms with Crippen molar-refractivity contribution in [3.63, 3.8) is 0 Å². The zero-order valence-corrected chi connectivity index (χ0v) is 13.0. The van der Waals surface area contributed by atoms with E-state index >= 15 is 0 Å². The lowest BCUT2D eigenvalue weighted by Crippen LogP contribution is -2.32. The van der Waals surface area contributed by atoms with E-state index in [4.69, 9.17) is 4.74 Å². The first-order chi connectivity index (χ1) is 10.7. The van der Waals surface area contributed by atoms with Crippen LogP contribution in [0.25, 0.3) is 0 Å². The van der Waals surface area contributed by atoms with Gasteiger partial charge in [0.25, 0.3) is 5.91 Å². The smallest absolute Gasteiger partial charge is 0.310 e. The SMILES string of the molecule is CC(OC(=O)C1CCS(=O)(=O)C1)C(=O)Nc1ccc(F)c(F)c1. The first-order valence-corrected chi connectivity index (χ1v) is 8.67. The number of benzene rings is 1. The Morgan fingerprint density at radius 1 is 1.30 bits per heavy atom. The molecule has 1 N–H and O–H groups in total. The maximum Gasteiger partial charge on any atom is 0.310 e. The summed E-state index contributed by atoms with van der Waals surface area (Å²) in [4.78, 5) is 23.7. The van der Waals surface area contributed by atoms with E-state index in [2.05, 4.69) is 5.32 Å². The van der Waals surface area contributed by atoms with Crippen LogP contribution in [0.3, 0.4) is 0 Å². The maximum absolute atomic E-state index is 13.0. The molecular formula is C14H15F2NO5S. The van der Waals surface area contributed by atoms with Gasteiger partial charge in [0.2, 0.25) is 0 Å². The van der Waals surface area contributed by atoms with Gasteiger partial charge in [0, 0.05) is 11.8 Å². The highest BCUT2D eigenvalue weighted by molar-refractivity contribution is 7.91. The number of carbonyl (C=O) groups is 2. The van der Waals surface area contributed by atoms with Crippen LogP contribution < -0.4 is 5.32 Å². The van der Waals surface area contributed by atoms with Crippen LogP contribution in [-0.2, 0) is 24.2 Å². The number of halogens is 2. The van der Waals surface area contributed by atoms with Crippen LogP contribution >= 0.6 is 0 Å². The van der Waals surface area contributed by atoms with Gasteiger partial charge in [-0.05, 0) is 25.5 Å². The molecule has 1 aliphatic heterocycles. The molecule has 0 spiro atoms. The van der Waals surface area contributed by atoms with Gasteiger partial charge in [0.1, 0.15) is 0 Å². The highest BCUT2D eigenvalue weighted by Gasteiger charge is 2.35. The predicted molar refractivity (Wildman–Crippen MR) is 77.3 cm³/mol. The lowest BCUT2D eigenvalue weighted by Gasteiger charge is -2.15. The van der Waals surface area contributed by atoms with Gasteiger partial charge in [0.15, 0.2) is 27.6 Å². The van der Waals surface area contributed by atoms with Crippen molar-refractivity contribution in [3.05, 3.63) is 29.8 Å². The molecule has 1 amide bonds. The molecule has 126 valence electrons. The fourth-order valence-electron chi connectivity index (χ4n) is 2.12. The van der Waals surface area contributed by atoms with E-state index in [1.807, 2.05) is 0 Å². The zero-order chi connectivity index (χ0) is 17.2. The van der Waals surface area contributed by atoms with Crippen LogP contribution in [0.15, 0.2) is 18.2 Å². The van der Waals surface area contributed by atoms with Gasteiger partial charge in [-0.15, -0.1) is 0 Å². The van der Waals surface area contributed by atoms with Crippen LogP contribution in [0.1, 0.15) is 13.3 Å². The normalized spacial score (nSPS) is 20.7. The minimum absolute atomic E-state index is 0.0141. The van der Waals surface area contributed by atoms with Crippen molar-refractivity contribution in [1.29, 1.82) is 0 Å². The molecule has 2 atom stereocenters. The molecule has 0 saturated carbocycles. The number of anilines is 1. The molecule has 1 heterocycles. The lowest BCUT2D eigenvalue weighted by atomic mass is 10.1. The predicted octanol–water partition coefficient (Wildman–Crippen LogP) is 1.27. The summed E-state index contributed by atoms with van der Waals surface area (Å²) >= 11 is 0. The number of sulfone groups is 1. The summed E-state index contributed by atoms with van der Waals surface area (Å²) in [6, 6.07) is 2.81. The summed E-state index contributed by atoms with van der Waals surface area (Å²) in [5, 5.41) is 2.28. The van der Waals surface area contributed by atoms with Crippen molar-refractivity contribution in [2.45, 2.75) is 19.4 Å². The molecule has 2 rings (SSSR count). The largest absolute Gasteiger partial charge is 0.452 e. The van der Waals surface area contributed by atoms with E-state index in [1.165, 1.54) is 6.92 Å². The minimum Gasteiger partial charge on any atom is -0.452 e. The summed E-state index contributed by atoms with van der Waals surface area (Å²) in [7, 11) is -3.23. The number of nitrogens with one attached hydrogen (secondary N) is 1. The van der Waals surface area contributed by atoms with Crippen molar-refractivity contribution >= 4 is 27.4 Å². The standard InChI is InChI=1S/C14H15F2NO5S/c1-8(22-14(19)9-4-5-23(20,21)7-9)13(18)17-10-2-3-11(15)12(16)6-10/h2-3,6,8-9H,4-5,7H2,1H3,(H,17,18). The third-order valence-corrected chi connectivity index (χ3v) is 5.18. The van der Waals surface area contributed by atoms with Crippen molar-refractivity contribution in [2.75, 3.05) is 16.8 Å². The molecule has 1 saturated heterocycles. The number of rotatable bonds is 4. The van der Waals surface area contributed by atoms with E-state index in [-0.39, 0.29) is 23.6 Å². The van der Waals surface area contributed by atoms with E-state index in [0.717, 1.165) is 18.2 Å². The summed E-state index contributed by atoms with van der Waals surface area (Å²) in [6.45, 7) is 1.30. The number of ether oxygens (including phenoxy) is 1. The first-order valence-electron chi connectivity index (χ1n) is 6.85. The summed E-state index contributed by atoms with van der Waals surface area (Å²) in [6.07, 6.45) is -1.03. The maximum atomic E-state index is 13.0. The molecule has 1 aromatic rings. The van der Waals surface area contributed by atoms with E-state index in [1.54, 1.807) is 0 Å². The van der Waals surface area contributed by atoms with Crippen LogP contribution in [0.5, 0.6) is 0 Å². The summed E-state index contributed by atoms with van der Waals surface area (Å²) in [5.74, 6) is -4.82. The van der Waals surface area contributed by atoms with Gasteiger partial charge < -0.3 is 10.1 Å². The fraction of sp³-hybridized carbons (Fsp3) is 0.429. The molecule has 1 fully saturated rings. The van der Waals surface area contributed by atoms with Gasteiger partial charge in [-0.1, -0.05) is 0 Å². The molecule has 0 aromatic heterocycles. The number of hydrogen-bond acceptors (Lipinski definition) is 5. The van der Waals surface area contributed by atoms with Gasteiger partial charge in [-0.3, -0.25) is 9.59 Å². The van der Waals surface area contributed by atoms with Crippen molar-refractivity contribution in [3.8, 4) is 0 Å².